The second-order valence-electron chi connectivity index (χ2n) is 6.44. The molecule has 29 heavy (non-hydrogen) atoms. The molecule has 8 heteroatoms. The fourth-order valence-corrected chi connectivity index (χ4v) is 3.75. The molecule has 2 aromatic carbocycles. The smallest absolute Gasteiger partial charge is 0.234 e. The number of rotatable bonds is 8. The Labute approximate surface area is 179 Å². The Balaban J connectivity index is 1.60. The van der Waals surface area contributed by atoms with Gasteiger partial charge in [-0.3, -0.25) is 4.79 Å². The number of halogens is 1. The van der Waals surface area contributed by atoms with Crippen molar-refractivity contribution < 1.29 is 9.53 Å². The molecule has 1 aromatic heterocycles. The number of hydrogen-bond donors (Lipinski definition) is 1. The number of thioether (sulfide) groups is 1. The molecule has 0 radical (unpaired) electrons. The molecule has 152 valence electrons. The minimum Gasteiger partial charge on any atom is -0.481 e. The van der Waals surface area contributed by atoms with Crippen LogP contribution in [0.15, 0.2) is 53.7 Å². The molecule has 1 N–H and O–H groups in total. The average molecular weight is 431 g/mol. The van der Waals surface area contributed by atoms with Crippen LogP contribution in [-0.4, -0.2) is 26.4 Å². The maximum atomic E-state index is 12.4. The van der Waals surface area contributed by atoms with Crippen molar-refractivity contribution in [2.24, 2.45) is 7.05 Å². The predicted molar refractivity (Wildman–Crippen MR) is 117 cm³/mol. The Morgan fingerprint density at radius 1 is 1.21 bits per heavy atom. The van der Waals surface area contributed by atoms with E-state index in [4.69, 9.17) is 16.3 Å². The van der Waals surface area contributed by atoms with Crippen LogP contribution in [0.3, 0.4) is 0 Å². The van der Waals surface area contributed by atoms with Crippen LogP contribution in [0.1, 0.15) is 31.3 Å². The van der Waals surface area contributed by atoms with Crippen LogP contribution in [0.4, 0.5) is 5.69 Å². The highest BCUT2D eigenvalue weighted by Gasteiger charge is 2.19. The van der Waals surface area contributed by atoms with Gasteiger partial charge in [0.15, 0.2) is 17.1 Å². The van der Waals surface area contributed by atoms with E-state index in [1.807, 2.05) is 61.0 Å². The highest BCUT2D eigenvalue weighted by molar-refractivity contribution is 7.99. The number of hydrogen-bond acceptors (Lipinski definition) is 5. The van der Waals surface area contributed by atoms with Gasteiger partial charge in [0.2, 0.25) is 5.91 Å². The van der Waals surface area contributed by atoms with E-state index >= 15 is 0 Å². The van der Waals surface area contributed by atoms with Gasteiger partial charge in [-0.05, 0) is 37.1 Å². The summed E-state index contributed by atoms with van der Waals surface area (Å²) in [6.07, 6.45) is 0.520. The molecule has 0 aliphatic heterocycles. The number of carbonyl (C=O) groups excluding carboxylic acids is 1. The first-order chi connectivity index (χ1) is 14.0. The van der Waals surface area contributed by atoms with Crippen molar-refractivity contribution in [3.8, 4) is 5.75 Å². The van der Waals surface area contributed by atoms with E-state index in [0.717, 1.165) is 17.7 Å². The van der Waals surface area contributed by atoms with E-state index in [9.17, 15) is 4.79 Å². The number of para-hydroxylation sites is 2. The van der Waals surface area contributed by atoms with Gasteiger partial charge in [-0.15, -0.1) is 10.2 Å². The zero-order valence-corrected chi connectivity index (χ0v) is 18.1. The van der Waals surface area contributed by atoms with E-state index < -0.39 is 0 Å². The van der Waals surface area contributed by atoms with Crippen molar-refractivity contribution in [1.29, 1.82) is 0 Å². The third kappa shape index (κ3) is 5.31. The van der Waals surface area contributed by atoms with Crippen LogP contribution in [0.25, 0.3) is 0 Å². The van der Waals surface area contributed by atoms with Crippen molar-refractivity contribution in [3.05, 3.63) is 64.9 Å². The van der Waals surface area contributed by atoms with Gasteiger partial charge >= 0.3 is 0 Å². The number of nitrogens with one attached hydrogen (secondary N) is 1. The Morgan fingerprint density at radius 3 is 2.69 bits per heavy atom. The number of aromatic nitrogens is 3. The predicted octanol–water partition coefficient (Wildman–Crippen LogP) is 4.90. The minimum atomic E-state index is -0.341. The van der Waals surface area contributed by atoms with Crippen LogP contribution in [0.5, 0.6) is 5.75 Å². The van der Waals surface area contributed by atoms with Crippen LogP contribution < -0.4 is 10.1 Å². The zero-order valence-electron chi connectivity index (χ0n) is 16.6. The summed E-state index contributed by atoms with van der Waals surface area (Å²) >= 11 is 7.49. The highest BCUT2D eigenvalue weighted by Crippen LogP contribution is 2.29. The molecule has 0 aliphatic rings. The molecule has 1 amide bonds. The van der Waals surface area contributed by atoms with Crippen LogP contribution >= 0.6 is 23.4 Å². The fraction of sp³-hybridized carbons (Fsp3) is 0.286. The van der Waals surface area contributed by atoms with E-state index in [0.29, 0.717) is 21.8 Å². The molecule has 1 atom stereocenters. The summed E-state index contributed by atoms with van der Waals surface area (Å²) in [4.78, 5) is 12.4. The van der Waals surface area contributed by atoms with E-state index in [1.54, 1.807) is 6.07 Å². The summed E-state index contributed by atoms with van der Waals surface area (Å²) in [6.45, 7) is 3.95. The van der Waals surface area contributed by atoms with Gasteiger partial charge in [0.05, 0.1) is 10.8 Å². The first kappa shape index (κ1) is 21.2. The minimum absolute atomic E-state index is 0.0826. The first-order valence-corrected chi connectivity index (χ1v) is 10.7. The first-order valence-electron chi connectivity index (χ1n) is 9.30. The number of benzene rings is 2. The second kappa shape index (κ2) is 9.80. The molecular formula is C21H23ClN4O2S. The molecule has 0 fully saturated rings. The van der Waals surface area contributed by atoms with Crippen molar-refractivity contribution in [2.45, 2.75) is 31.5 Å². The molecule has 0 saturated heterocycles. The lowest BCUT2D eigenvalue weighted by Crippen LogP contribution is -2.16. The normalized spacial score (nSPS) is 11.9. The van der Waals surface area contributed by atoms with Crippen LogP contribution in [0.2, 0.25) is 5.02 Å². The fourth-order valence-electron chi connectivity index (χ4n) is 2.86. The summed E-state index contributed by atoms with van der Waals surface area (Å²) in [6, 6.07) is 15.1. The molecule has 0 spiro atoms. The zero-order chi connectivity index (χ0) is 20.8. The van der Waals surface area contributed by atoms with E-state index in [-0.39, 0.29) is 17.8 Å². The third-order valence-corrected chi connectivity index (χ3v) is 5.71. The molecule has 6 nitrogen and oxygen atoms in total. The third-order valence-electron chi connectivity index (χ3n) is 4.38. The van der Waals surface area contributed by atoms with Crippen LogP contribution in [0, 0.1) is 0 Å². The standard InChI is InChI=1S/C21H23ClN4O2S/c1-4-15-9-5-7-11-17(15)23-19(27)13-29-21-25-24-20(26(21)3)14(2)28-18-12-8-6-10-16(18)22/h5-12,14H,4,13H2,1-3H3,(H,23,27). The second-order valence-corrected chi connectivity index (χ2v) is 7.79. The van der Waals surface area contributed by atoms with Gasteiger partial charge in [-0.1, -0.05) is 60.6 Å². The number of amides is 1. The largest absolute Gasteiger partial charge is 0.481 e. The summed E-state index contributed by atoms with van der Waals surface area (Å²) in [5.41, 5.74) is 1.96. The van der Waals surface area contributed by atoms with Gasteiger partial charge in [-0.25, -0.2) is 0 Å². The molecule has 0 saturated carbocycles. The van der Waals surface area contributed by atoms with Gasteiger partial charge < -0.3 is 14.6 Å². The maximum absolute atomic E-state index is 12.4. The number of anilines is 1. The summed E-state index contributed by atoms with van der Waals surface area (Å²) < 4.78 is 7.74. The number of nitrogens with zero attached hydrogens (tertiary/aromatic N) is 3. The lowest BCUT2D eigenvalue weighted by molar-refractivity contribution is -0.113. The van der Waals surface area contributed by atoms with Gasteiger partial charge in [0.25, 0.3) is 0 Å². The molecule has 1 heterocycles. The topological polar surface area (TPSA) is 69.0 Å². The molecule has 1 unspecified atom stereocenters. The van der Waals surface area contributed by atoms with Crippen molar-refractivity contribution in [3.63, 3.8) is 0 Å². The number of ether oxygens (including phenoxy) is 1. The Morgan fingerprint density at radius 2 is 1.93 bits per heavy atom. The number of carbonyl (C=O) groups is 1. The molecular weight excluding hydrogens is 408 g/mol. The lowest BCUT2D eigenvalue weighted by Gasteiger charge is -2.15. The Hall–Kier alpha value is -2.51. The Kier molecular flexibility index (Phi) is 7.17. The summed E-state index contributed by atoms with van der Waals surface area (Å²) in [7, 11) is 1.86. The number of aryl methyl sites for hydroxylation is 1. The van der Waals surface area contributed by atoms with Gasteiger partial charge in [-0.2, -0.15) is 0 Å². The highest BCUT2D eigenvalue weighted by atomic mass is 35.5. The molecule has 0 bridgehead atoms. The SMILES string of the molecule is CCc1ccccc1NC(=O)CSc1nnc(C(C)Oc2ccccc2Cl)n1C. The molecule has 3 aromatic rings. The van der Waals surface area contributed by atoms with E-state index in [2.05, 4.69) is 22.4 Å². The quantitative estimate of drug-likeness (QED) is 0.514. The summed E-state index contributed by atoms with van der Waals surface area (Å²) in [5.74, 6) is 1.40. The lowest BCUT2D eigenvalue weighted by atomic mass is 10.1. The maximum Gasteiger partial charge on any atom is 0.234 e. The summed E-state index contributed by atoms with van der Waals surface area (Å²) in [5, 5.41) is 12.6. The van der Waals surface area contributed by atoms with E-state index in [1.165, 1.54) is 11.8 Å². The van der Waals surface area contributed by atoms with Gasteiger partial charge in [0, 0.05) is 12.7 Å². The van der Waals surface area contributed by atoms with Gasteiger partial charge in [0.1, 0.15) is 5.75 Å². The molecule has 0 aliphatic carbocycles. The van der Waals surface area contributed by atoms with Crippen molar-refractivity contribution >= 4 is 35.0 Å². The average Bonchev–Trinajstić information content (AvgIpc) is 3.09. The monoisotopic (exact) mass is 430 g/mol. The Bertz CT molecular complexity index is 992. The molecule has 3 rings (SSSR count). The van der Waals surface area contributed by atoms with Crippen molar-refractivity contribution in [2.75, 3.05) is 11.1 Å². The van der Waals surface area contributed by atoms with Crippen LogP contribution in [-0.2, 0) is 18.3 Å². The van der Waals surface area contributed by atoms with Crippen molar-refractivity contribution in [1.82, 2.24) is 14.8 Å².